The fourth-order valence-corrected chi connectivity index (χ4v) is 6.66. The molecule has 33 heavy (non-hydrogen) atoms. The Hall–Kier alpha value is -2.15. The number of carbonyl (C=O) groups is 2. The van der Waals surface area contributed by atoms with Gasteiger partial charge in [0.05, 0.1) is 22.5 Å². The number of hydrogen-bond acceptors (Lipinski definition) is 4. The highest BCUT2D eigenvalue weighted by Gasteiger charge is 2.67. The average molecular weight is 546 g/mol. The summed E-state index contributed by atoms with van der Waals surface area (Å²) in [6.07, 6.45) is 7.01. The Balaban J connectivity index is 1.15. The maximum absolute atomic E-state index is 13.0. The Morgan fingerprint density at radius 3 is 2.36 bits per heavy atom. The van der Waals surface area contributed by atoms with E-state index in [-0.39, 0.29) is 35.5 Å². The fourth-order valence-electron chi connectivity index (χ4n) is 5.69. The van der Waals surface area contributed by atoms with Crippen molar-refractivity contribution in [1.29, 1.82) is 0 Å². The van der Waals surface area contributed by atoms with Crippen LogP contribution in [0, 0.1) is 35.5 Å². The van der Waals surface area contributed by atoms with Crippen LogP contribution in [-0.2, 0) is 16.2 Å². The molecule has 3 fully saturated rings. The van der Waals surface area contributed by atoms with Gasteiger partial charge in [0, 0.05) is 15.6 Å². The van der Waals surface area contributed by atoms with Gasteiger partial charge in [-0.1, -0.05) is 41.4 Å². The largest absolute Gasteiger partial charge is 0.488 e. The topological polar surface area (TPSA) is 59.0 Å². The van der Waals surface area contributed by atoms with Crippen LogP contribution in [0.15, 0.2) is 58.1 Å². The van der Waals surface area contributed by atoms with E-state index in [1.54, 1.807) is 24.4 Å². The summed E-state index contributed by atoms with van der Waals surface area (Å²) in [5.74, 6) is 1.38. The van der Waals surface area contributed by atoms with Gasteiger partial charge in [-0.05, 0) is 81.9 Å². The van der Waals surface area contributed by atoms with Gasteiger partial charge in [-0.3, -0.25) is 9.59 Å². The second kappa shape index (κ2) is 7.97. The first kappa shape index (κ1) is 21.4. The molecule has 1 heterocycles. The summed E-state index contributed by atoms with van der Waals surface area (Å²) in [7, 11) is 0. The van der Waals surface area contributed by atoms with Gasteiger partial charge in [0.15, 0.2) is 0 Å². The van der Waals surface area contributed by atoms with E-state index in [1.165, 1.54) is 0 Å². The van der Waals surface area contributed by atoms with E-state index in [0.717, 1.165) is 27.0 Å². The third-order valence-electron chi connectivity index (χ3n) is 7.32. The average Bonchev–Trinajstić information content (AvgIpc) is 3.57. The lowest BCUT2D eigenvalue weighted by Crippen LogP contribution is -2.40. The second-order valence-corrected chi connectivity index (χ2v) is 10.8. The number of benzene rings is 2. The van der Waals surface area contributed by atoms with Gasteiger partial charge in [-0.25, -0.2) is 0 Å². The number of ether oxygens (including phenoxy) is 1. The molecule has 8 heteroatoms. The van der Waals surface area contributed by atoms with Crippen molar-refractivity contribution in [3.63, 3.8) is 0 Å². The molecule has 0 aromatic heterocycles. The van der Waals surface area contributed by atoms with Crippen LogP contribution in [0.25, 0.3) is 0 Å². The van der Waals surface area contributed by atoms with E-state index in [2.05, 4.69) is 33.2 Å². The summed E-state index contributed by atoms with van der Waals surface area (Å²) in [6.45, 7) is 0.292. The van der Waals surface area contributed by atoms with Crippen LogP contribution < -0.4 is 4.74 Å². The number of halogens is 3. The predicted molar refractivity (Wildman–Crippen MR) is 129 cm³/mol. The van der Waals surface area contributed by atoms with Crippen molar-refractivity contribution >= 4 is 57.2 Å². The molecule has 4 aliphatic carbocycles. The molecule has 1 saturated heterocycles. The molecule has 5 aliphatic rings. The third kappa shape index (κ3) is 3.54. The number of nitrogens with zero attached hydrogens (tertiary/aromatic N) is 2. The first-order chi connectivity index (χ1) is 15.9. The zero-order valence-electron chi connectivity index (χ0n) is 17.3. The molecule has 2 bridgehead atoms. The van der Waals surface area contributed by atoms with E-state index in [0.29, 0.717) is 34.2 Å². The van der Waals surface area contributed by atoms with Crippen molar-refractivity contribution < 1.29 is 14.3 Å². The number of carbonyl (C=O) groups excluding carboxylic acids is 2. The Labute approximate surface area is 209 Å². The number of amides is 2. The number of imide groups is 1. The van der Waals surface area contributed by atoms with Crippen molar-refractivity contribution in [1.82, 2.24) is 5.01 Å². The smallest absolute Gasteiger partial charge is 0.254 e. The number of rotatable bonds is 5. The molecule has 6 atom stereocenters. The zero-order chi connectivity index (χ0) is 22.9. The fraction of sp³-hybridized carbons (Fsp3) is 0.320. The summed E-state index contributed by atoms with van der Waals surface area (Å²) in [4.78, 5) is 26.0. The second-order valence-electron chi connectivity index (χ2n) is 9.10. The lowest BCUT2D eigenvalue weighted by Gasteiger charge is -2.37. The normalized spacial score (nSPS) is 31.3. The highest BCUT2D eigenvalue weighted by atomic mass is 79.9. The molecule has 0 unspecified atom stereocenters. The molecule has 0 N–H and O–H groups in total. The minimum atomic E-state index is -0.240. The van der Waals surface area contributed by atoms with Gasteiger partial charge in [-0.15, -0.1) is 0 Å². The Kier molecular flexibility index (Phi) is 5.16. The number of hydrogen-bond donors (Lipinski definition) is 0. The summed E-state index contributed by atoms with van der Waals surface area (Å²) in [5.41, 5.74) is 1.57. The van der Waals surface area contributed by atoms with Crippen molar-refractivity contribution in [3.8, 4) is 5.75 Å². The highest BCUT2D eigenvalue weighted by molar-refractivity contribution is 9.10. The van der Waals surface area contributed by atoms with Crippen LogP contribution in [0.5, 0.6) is 5.75 Å². The van der Waals surface area contributed by atoms with Crippen LogP contribution >= 0.6 is 39.1 Å². The first-order valence-corrected chi connectivity index (χ1v) is 12.4. The molecule has 2 amide bonds. The van der Waals surface area contributed by atoms with E-state index in [1.807, 2.05) is 18.2 Å². The molecule has 2 aromatic rings. The Morgan fingerprint density at radius 1 is 1.03 bits per heavy atom. The van der Waals surface area contributed by atoms with Gasteiger partial charge >= 0.3 is 0 Å². The lowest BCUT2D eigenvalue weighted by molar-refractivity contribution is -0.140. The SMILES string of the molecule is O=C1[C@@H]2[C@H]3C=C[C@@H]([C@@H]4C[C@H]34)[C@@H]2C(=O)N1N=Cc1ccc(OCc2ccc(Cl)cc2Cl)c(Br)c1. The Bertz CT molecular complexity index is 1210. The van der Waals surface area contributed by atoms with E-state index in [4.69, 9.17) is 27.9 Å². The van der Waals surface area contributed by atoms with Crippen molar-refractivity contribution in [2.24, 2.45) is 40.6 Å². The standard InChI is InChI=1S/C25H19BrCl2N2O3/c26-19-7-12(1-6-21(19)33-11-13-2-3-14(27)8-20(13)28)10-29-30-24(31)22-15-4-5-16(18-9-17(15)18)23(22)25(30)32/h1-8,10,15-18,22-23H,9,11H2/t15-,16-,17-,18+,22-,23+/m0/s1. The van der Waals surface area contributed by atoms with Crippen molar-refractivity contribution in [2.75, 3.05) is 0 Å². The molecule has 2 saturated carbocycles. The molecule has 5 nitrogen and oxygen atoms in total. The summed E-state index contributed by atoms with van der Waals surface area (Å²) >= 11 is 15.7. The number of hydrazone groups is 1. The molecule has 0 radical (unpaired) electrons. The van der Waals surface area contributed by atoms with Crippen LogP contribution in [-0.4, -0.2) is 23.0 Å². The van der Waals surface area contributed by atoms with Gasteiger partial charge in [-0.2, -0.15) is 10.1 Å². The quantitative estimate of drug-likeness (QED) is 0.274. The molecule has 1 aliphatic heterocycles. The van der Waals surface area contributed by atoms with E-state index in [9.17, 15) is 9.59 Å². The minimum absolute atomic E-state index is 0.162. The van der Waals surface area contributed by atoms with Crippen LogP contribution in [0.4, 0.5) is 0 Å². The van der Waals surface area contributed by atoms with Crippen molar-refractivity contribution in [2.45, 2.75) is 13.0 Å². The van der Waals surface area contributed by atoms with Crippen molar-refractivity contribution in [3.05, 3.63) is 74.2 Å². The highest BCUT2D eigenvalue weighted by Crippen LogP contribution is 2.65. The molecule has 0 spiro atoms. The van der Waals surface area contributed by atoms with Gasteiger partial charge in [0.1, 0.15) is 12.4 Å². The van der Waals surface area contributed by atoms with Gasteiger partial charge in [0.2, 0.25) is 0 Å². The summed E-state index contributed by atoms with van der Waals surface area (Å²) in [5, 5.41) is 6.50. The van der Waals surface area contributed by atoms with Gasteiger partial charge < -0.3 is 4.74 Å². The van der Waals surface area contributed by atoms with Crippen LogP contribution in [0.2, 0.25) is 10.0 Å². The monoisotopic (exact) mass is 544 g/mol. The maximum Gasteiger partial charge on any atom is 0.254 e. The lowest BCUT2D eigenvalue weighted by atomic mass is 9.63. The van der Waals surface area contributed by atoms with E-state index >= 15 is 0 Å². The molecular formula is C25H19BrCl2N2O3. The minimum Gasteiger partial charge on any atom is -0.488 e. The van der Waals surface area contributed by atoms with E-state index < -0.39 is 0 Å². The Morgan fingerprint density at radius 2 is 1.73 bits per heavy atom. The third-order valence-corrected chi connectivity index (χ3v) is 8.52. The number of allylic oxidation sites excluding steroid dienone is 2. The molecule has 168 valence electrons. The summed E-state index contributed by atoms with van der Waals surface area (Å²) in [6, 6.07) is 10.7. The zero-order valence-corrected chi connectivity index (χ0v) is 20.4. The maximum atomic E-state index is 13.0. The predicted octanol–water partition coefficient (Wildman–Crippen LogP) is 5.72. The first-order valence-electron chi connectivity index (χ1n) is 10.9. The molecule has 2 aromatic carbocycles. The van der Waals surface area contributed by atoms with Crippen LogP contribution in [0.1, 0.15) is 17.5 Å². The van der Waals surface area contributed by atoms with Gasteiger partial charge in [0.25, 0.3) is 11.8 Å². The van der Waals surface area contributed by atoms with Crippen LogP contribution in [0.3, 0.4) is 0 Å². The summed E-state index contributed by atoms with van der Waals surface area (Å²) < 4.78 is 6.60. The molecule has 7 rings (SSSR count). The molecular weight excluding hydrogens is 527 g/mol.